The molecule has 0 bridgehead atoms. The van der Waals surface area contributed by atoms with Crippen LogP contribution in [-0.4, -0.2) is 6.29 Å². The molecule has 178 valence electrons. The molecule has 0 saturated carbocycles. The van der Waals surface area contributed by atoms with Crippen LogP contribution in [-0.2, 0) is 4.79 Å². The van der Waals surface area contributed by atoms with Crippen molar-refractivity contribution in [1.82, 2.24) is 0 Å². The van der Waals surface area contributed by atoms with E-state index in [1.807, 2.05) is 0 Å². The summed E-state index contributed by atoms with van der Waals surface area (Å²) in [6.07, 6.45) is 32.0. The normalized spacial score (nSPS) is 10.2. The SMILES string of the molecule is CCCCCCCCCCCCCC#CC#CCCCCCCCCCCCCC=O. The van der Waals surface area contributed by atoms with E-state index in [1.165, 1.54) is 128 Å². The summed E-state index contributed by atoms with van der Waals surface area (Å²) in [5.41, 5.74) is 0. The van der Waals surface area contributed by atoms with Gasteiger partial charge in [0.1, 0.15) is 6.29 Å². The Hall–Kier alpha value is -1.21. The summed E-state index contributed by atoms with van der Waals surface area (Å²) in [7, 11) is 0. The first kappa shape index (κ1) is 29.8. The molecule has 0 rings (SSSR count). The number of hydrogen-bond donors (Lipinski definition) is 0. The van der Waals surface area contributed by atoms with Gasteiger partial charge < -0.3 is 4.79 Å². The van der Waals surface area contributed by atoms with Crippen molar-refractivity contribution in [1.29, 1.82) is 0 Å². The van der Waals surface area contributed by atoms with Crippen molar-refractivity contribution in [3.8, 4) is 23.7 Å². The van der Waals surface area contributed by atoms with Gasteiger partial charge in [-0.05, 0) is 31.1 Å². The molecule has 0 aromatic carbocycles. The van der Waals surface area contributed by atoms with Crippen molar-refractivity contribution < 1.29 is 4.79 Å². The van der Waals surface area contributed by atoms with Crippen molar-refractivity contribution in [2.45, 2.75) is 161 Å². The van der Waals surface area contributed by atoms with Gasteiger partial charge in [-0.2, -0.15) is 0 Å². The van der Waals surface area contributed by atoms with Crippen molar-refractivity contribution in [2.75, 3.05) is 0 Å². The van der Waals surface area contributed by atoms with Crippen LogP contribution in [0.5, 0.6) is 0 Å². The average molecular weight is 429 g/mol. The van der Waals surface area contributed by atoms with Gasteiger partial charge in [-0.25, -0.2) is 0 Å². The van der Waals surface area contributed by atoms with Crippen LogP contribution in [0.15, 0.2) is 0 Å². The van der Waals surface area contributed by atoms with Gasteiger partial charge in [-0.1, -0.05) is 134 Å². The summed E-state index contributed by atoms with van der Waals surface area (Å²) in [4.78, 5) is 10.2. The lowest BCUT2D eigenvalue weighted by Crippen LogP contribution is -1.83. The fourth-order valence-electron chi connectivity index (χ4n) is 3.95. The predicted octanol–water partition coefficient (Wildman–Crippen LogP) is 9.57. The Kier molecular flexibility index (Phi) is 27.7. The minimum absolute atomic E-state index is 0.744. The maximum absolute atomic E-state index is 10.2. The van der Waals surface area contributed by atoms with Crippen LogP contribution in [0.2, 0.25) is 0 Å². The molecule has 0 aromatic rings. The molecule has 0 saturated heterocycles. The molecule has 0 spiro atoms. The molecule has 0 aromatic heterocycles. The molecule has 0 amide bonds. The molecule has 0 unspecified atom stereocenters. The van der Waals surface area contributed by atoms with Gasteiger partial charge in [-0.15, -0.1) is 0 Å². The van der Waals surface area contributed by atoms with Crippen molar-refractivity contribution in [3.63, 3.8) is 0 Å². The van der Waals surface area contributed by atoms with E-state index in [2.05, 4.69) is 30.6 Å². The van der Waals surface area contributed by atoms with Gasteiger partial charge >= 0.3 is 0 Å². The van der Waals surface area contributed by atoms with Crippen LogP contribution in [0, 0.1) is 23.7 Å². The van der Waals surface area contributed by atoms with E-state index in [-0.39, 0.29) is 0 Å². The molecule has 0 radical (unpaired) electrons. The van der Waals surface area contributed by atoms with Crippen LogP contribution in [0.25, 0.3) is 0 Å². The number of hydrogen-bond acceptors (Lipinski definition) is 1. The molecule has 0 atom stereocenters. The van der Waals surface area contributed by atoms with Crippen molar-refractivity contribution >= 4 is 6.29 Å². The lowest BCUT2D eigenvalue weighted by atomic mass is 10.1. The Balaban J connectivity index is 3.21. The van der Waals surface area contributed by atoms with Crippen LogP contribution in [0.3, 0.4) is 0 Å². The third-order valence-corrected chi connectivity index (χ3v) is 6.02. The maximum atomic E-state index is 10.2. The molecule has 0 aliphatic carbocycles. The zero-order valence-electron chi connectivity index (χ0n) is 21.0. The van der Waals surface area contributed by atoms with Gasteiger partial charge in [0, 0.05) is 19.3 Å². The average Bonchev–Trinajstić information content (AvgIpc) is 2.78. The highest BCUT2D eigenvalue weighted by atomic mass is 16.1. The summed E-state index contributed by atoms with van der Waals surface area (Å²) in [5, 5.41) is 0. The first-order valence-corrected chi connectivity index (χ1v) is 13.8. The number of rotatable bonds is 23. The smallest absolute Gasteiger partial charge is 0.119 e. The summed E-state index contributed by atoms with van der Waals surface area (Å²) in [5.74, 6) is 12.5. The molecular weight excluding hydrogens is 376 g/mol. The third-order valence-electron chi connectivity index (χ3n) is 6.02. The zero-order valence-corrected chi connectivity index (χ0v) is 21.0. The van der Waals surface area contributed by atoms with Gasteiger partial charge in [0.05, 0.1) is 0 Å². The van der Waals surface area contributed by atoms with Crippen molar-refractivity contribution in [3.05, 3.63) is 0 Å². The zero-order chi connectivity index (χ0) is 22.5. The van der Waals surface area contributed by atoms with Gasteiger partial charge in [-0.3, -0.25) is 0 Å². The van der Waals surface area contributed by atoms with Gasteiger partial charge in [0.15, 0.2) is 0 Å². The molecule has 0 aliphatic heterocycles. The van der Waals surface area contributed by atoms with E-state index in [9.17, 15) is 4.79 Å². The molecule has 0 fully saturated rings. The highest BCUT2D eigenvalue weighted by Gasteiger charge is 1.93. The lowest BCUT2D eigenvalue weighted by Gasteiger charge is -2.01. The Morgan fingerprint density at radius 3 is 1.13 bits per heavy atom. The Morgan fingerprint density at radius 2 is 0.774 bits per heavy atom. The Bertz CT molecular complexity index is 470. The first-order valence-electron chi connectivity index (χ1n) is 13.8. The first-order chi connectivity index (χ1) is 15.4. The second-order valence-electron chi connectivity index (χ2n) is 9.13. The van der Waals surface area contributed by atoms with Gasteiger partial charge in [0.25, 0.3) is 0 Å². The molecule has 1 heteroatoms. The fourth-order valence-corrected chi connectivity index (χ4v) is 3.95. The molecule has 31 heavy (non-hydrogen) atoms. The minimum atomic E-state index is 0.744. The molecule has 1 nitrogen and oxygen atoms in total. The van der Waals surface area contributed by atoms with E-state index in [4.69, 9.17) is 0 Å². The Labute approximate surface area is 195 Å². The van der Waals surface area contributed by atoms with E-state index in [0.29, 0.717) is 0 Å². The summed E-state index contributed by atoms with van der Waals surface area (Å²) in [6, 6.07) is 0. The second kappa shape index (κ2) is 28.8. The van der Waals surface area contributed by atoms with Crippen molar-refractivity contribution in [2.24, 2.45) is 0 Å². The third kappa shape index (κ3) is 28.8. The number of aldehydes is 1. The molecular formula is C30H52O. The largest absolute Gasteiger partial charge is 0.303 e. The van der Waals surface area contributed by atoms with Crippen LogP contribution in [0.1, 0.15) is 161 Å². The summed E-state index contributed by atoms with van der Waals surface area (Å²) < 4.78 is 0. The summed E-state index contributed by atoms with van der Waals surface area (Å²) in [6.45, 7) is 2.28. The minimum Gasteiger partial charge on any atom is -0.303 e. The van der Waals surface area contributed by atoms with E-state index < -0.39 is 0 Å². The number of carbonyl (C=O) groups excluding carboxylic acids is 1. The highest BCUT2D eigenvalue weighted by molar-refractivity contribution is 5.48. The fraction of sp³-hybridized carbons (Fsp3) is 0.833. The number of unbranched alkanes of at least 4 members (excludes halogenated alkanes) is 22. The molecule has 0 N–H and O–H groups in total. The second-order valence-corrected chi connectivity index (χ2v) is 9.13. The van der Waals surface area contributed by atoms with E-state index in [0.717, 1.165) is 32.0 Å². The van der Waals surface area contributed by atoms with Crippen LogP contribution >= 0.6 is 0 Å². The van der Waals surface area contributed by atoms with Crippen LogP contribution in [0.4, 0.5) is 0 Å². The monoisotopic (exact) mass is 428 g/mol. The predicted molar refractivity (Wildman–Crippen MR) is 138 cm³/mol. The maximum Gasteiger partial charge on any atom is 0.119 e. The van der Waals surface area contributed by atoms with Gasteiger partial charge in [0.2, 0.25) is 0 Å². The quantitative estimate of drug-likeness (QED) is 0.0899. The highest BCUT2D eigenvalue weighted by Crippen LogP contribution is 2.12. The summed E-state index contributed by atoms with van der Waals surface area (Å²) >= 11 is 0. The molecule has 0 aliphatic rings. The molecule has 0 heterocycles. The lowest BCUT2D eigenvalue weighted by molar-refractivity contribution is -0.107. The standard InChI is InChI=1S/C30H52O/c1-2-3-4-5-6-7-8-9-10-11-12-13-14-15-16-17-18-19-20-21-22-23-24-25-26-27-28-29-30-31/h30H,2-13,18-29H2,1H3. The van der Waals surface area contributed by atoms with E-state index in [1.54, 1.807) is 0 Å². The van der Waals surface area contributed by atoms with E-state index >= 15 is 0 Å². The number of carbonyl (C=O) groups is 1. The van der Waals surface area contributed by atoms with Crippen LogP contribution < -0.4 is 0 Å². The Morgan fingerprint density at radius 1 is 0.452 bits per heavy atom. The topological polar surface area (TPSA) is 17.1 Å².